The maximum absolute atomic E-state index is 13.6. The first-order valence-corrected chi connectivity index (χ1v) is 8.18. The molecule has 5 heteroatoms. The third-order valence-electron chi connectivity index (χ3n) is 3.46. The average molecular weight is 339 g/mol. The van der Waals surface area contributed by atoms with Crippen LogP contribution in [0.2, 0.25) is 0 Å². The minimum Gasteiger partial charge on any atom is -0.347 e. The summed E-state index contributed by atoms with van der Waals surface area (Å²) in [4.78, 5) is 25.8. The van der Waals surface area contributed by atoms with Gasteiger partial charge in [-0.3, -0.25) is 9.59 Å². The fraction of sp³-hybridized carbons (Fsp3) is 0.0526. The lowest BCUT2D eigenvalue weighted by Crippen LogP contribution is -2.23. The molecule has 24 heavy (non-hydrogen) atoms. The predicted molar refractivity (Wildman–Crippen MR) is 91.8 cm³/mol. The Hall–Kier alpha value is -2.79. The molecule has 0 saturated heterocycles. The first-order valence-electron chi connectivity index (χ1n) is 7.36. The van der Waals surface area contributed by atoms with Crippen LogP contribution in [0.3, 0.4) is 0 Å². The third-order valence-corrected chi connectivity index (χ3v) is 4.55. The van der Waals surface area contributed by atoms with E-state index in [0.29, 0.717) is 10.4 Å². The summed E-state index contributed by atoms with van der Waals surface area (Å²) in [5.74, 6) is -1.08. The van der Waals surface area contributed by atoms with Crippen LogP contribution >= 0.6 is 11.3 Å². The summed E-state index contributed by atoms with van der Waals surface area (Å²) in [5, 5.41) is 2.67. The van der Waals surface area contributed by atoms with Crippen molar-refractivity contribution >= 4 is 23.0 Å². The number of carbonyl (C=O) groups excluding carboxylic acids is 2. The van der Waals surface area contributed by atoms with Gasteiger partial charge >= 0.3 is 0 Å². The summed E-state index contributed by atoms with van der Waals surface area (Å²) in [7, 11) is 0. The molecular weight excluding hydrogens is 325 g/mol. The van der Waals surface area contributed by atoms with Gasteiger partial charge in [0.05, 0.1) is 17.0 Å². The van der Waals surface area contributed by atoms with Crippen molar-refractivity contribution in [2.75, 3.05) is 0 Å². The highest BCUT2D eigenvalue weighted by atomic mass is 32.1. The van der Waals surface area contributed by atoms with E-state index in [4.69, 9.17) is 0 Å². The van der Waals surface area contributed by atoms with Gasteiger partial charge in [-0.15, -0.1) is 11.3 Å². The maximum Gasteiger partial charge on any atom is 0.254 e. The van der Waals surface area contributed by atoms with Crippen LogP contribution in [0.4, 0.5) is 4.39 Å². The lowest BCUT2D eigenvalue weighted by molar-refractivity contribution is 0.0946. The third kappa shape index (κ3) is 3.58. The number of nitrogens with one attached hydrogen (secondary N) is 1. The van der Waals surface area contributed by atoms with Crippen molar-refractivity contribution in [1.29, 1.82) is 0 Å². The van der Waals surface area contributed by atoms with Crippen LogP contribution in [-0.4, -0.2) is 11.7 Å². The van der Waals surface area contributed by atoms with Gasteiger partial charge in [-0.1, -0.05) is 42.5 Å². The number of halogens is 1. The SMILES string of the molecule is O=C(c1ccccc1)c1ccc(CNC(=O)c2ccccc2F)s1. The van der Waals surface area contributed by atoms with Gasteiger partial charge in [0.2, 0.25) is 5.78 Å². The molecule has 120 valence electrons. The number of carbonyl (C=O) groups is 2. The minimum atomic E-state index is -0.555. The zero-order valence-corrected chi connectivity index (χ0v) is 13.5. The van der Waals surface area contributed by atoms with Gasteiger partial charge in [-0.2, -0.15) is 0 Å². The second kappa shape index (κ2) is 7.19. The second-order valence-corrected chi connectivity index (χ2v) is 6.29. The van der Waals surface area contributed by atoms with Gasteiger partial charge in [-0.05, 0) is 24.3 Å². The highest BCUT2D eigenvalue weighted by Gasteiger charge is 2.13. The maximum atomic E-state index is 13.6. The van der Waals surface area contributed by atoms with Crippen molar-refractivity contribution in [1.82, 2.24) is 5.32 Å². The van der Waals surface area contributed by atoms with Crippen LogP contribution in [0.5, 0.6) is 0 Å². The van der Waals surface area contributed by atoms with E-state index in [0.717, 1.165) is 4.88 Å². The van der Waals surface area contributed by atoms with E-state index < -0.39 is 11.7 Å². The van der Waals surface area contributed by atoms with Crippen LogP contribution in [0.15, 0.2) is 66.7 Å². The lowest BCUT2D eigenvalue weighted by atomic mass is 10.1. The molecule has 0 radical (unpaired) electrons. The fourth-order valence-electron chi connectivity index (χ4n) is 2.23. The summed E-state index contributed by atoms with van der Waals surface area (Å²) in [6.07, 6.45) is 0. The highest BCUT2D eigenvalue weighted by Crippen LogP contribution is 2.20. The quantitative estimate of drug-likeness (QED) is 0.713. The number of amides is 1. The zero-order chi connectivity index (χ0) is 16.9. The minimum absolute atomic E-state index is 0.00893. The molecule has 0 aliphatic rings. The Morgan fingerprint density at radius 3 is 2.38 bits per heavy atom. The summed E-state index contributed by atoms with van der Waals surface area (Å²) in [5.41, 5.74) is 0.635. The number of rotatable bonds is 5. The molecule has 2 aromatic carbocycles. The average Bonchev–Trinajstić information content (AvgIpc) is 3.09. The van der Waals surface area contributed by atoms with Crippen molar-refractivity contribution in [2.24, 2.45) is 0 Å². The molecule has 1 heterocycles. The van der Waals surface area contributed by atoms with E-state index >= 15 is 0 Å². The van der Waals surface area contributed by atoms with E-state index in [2.05, 4.69) is 5.32 Å². The summed E-state index contributed by atoms with van der Waals surface area (Å²) in [6, 6.07) is 18.4. The molecule has 0 aliphatic heterocycles. The van der Waals surface area contributed by atoms with Crippen LogP contribution in [0.1, 0.15) is 30.5 Å². The molecule has 0 saturated carbocycles. The Labute approximate surface area is 142 Å². The monoisotopic (exact) mass is 339 g/mol. The molecule has 3 aromatic rings. The van der Waals surface area contributed by atoms with Crippen molar-refractivity contribution in [3.05, 3.63) is 93.4 Å². The Morgan fingerprint density at radius 2 is 1.62 bits per heavy atom. The Bertz CT molecular complexity index is 874. The first kappa shape index (κ1) is 16.1. The molecule has 0 fully saturated rings. The molecule has 1 amide bonds. The van der Waals surface area contributed by atoms with E-state index in [9.17, 15) is 14.0 Å². The molecular formula is C19H14FNO2S. The largest absolute Gasteiger partial charge is 0.347 e. The first-order chi connectivity index (χ1) is 11.6. The van der Waals surface area contributed by atoms with Gasteiger partial charge < -0.3 is 5.32 Å². The molecule has 0 unspecified atom stereocenters. The summed E-state index contributed by atoms with van der Waals surface area (Å²) < 4.78 is 13.6. The number of benzene rings is 2. The van der Waals surface area contributed by atoms with E-state index in [1.165, 1.54) is 29.5 Å². The number of thiophene rings is 1. The van der Waals surface area contributed by atoms with Crippen LogP contribution in [-0.2, 0) is 6.54 Å². The highest BCUT2D eigenvalue weighted by molar-refractivity contribution is 7.14. The molecule has 0 bridgehead atoms. The molecule has 1 N–H and O–H groups in total. The van der Waals surface area contributed by atoms with E-state index in [1.54, 1.807) is 30.3 Å². The Morgan fingerprint density at radius 1 is 0.917 bits per heavy atom. The topological polar surface area (TPSA) is 46.2 Å². The van der Waals surface area contributed by atoms with Gasteiger partial charge in [0.15, 0.2) is 0 Å². The second-order valence-electron chi connectivity index (χ2n) is 5.12. The smallest absolute Gasteiger partial charge is 0.254 e. The van der Waals surface area contributed by atoms with Crippen LogP contribution in [0, 0.1) is 5.82 Å². The summed E-state index contributed by atoms with van der Waals surface area (Å²) >= 11 is 1.32. The zero-order valence-electron chi connectivity index (χ0n) is 12.7. The number of hydrogen-bond acceptors (Lipinski definition) is 3. The van der Waals surface area contributed by atoms with Crippen molar-refractivity contribution in [3.8, 4) is 0 Å². The Kier molecular flexibility index (Phi) is 4.82. The van der Waals surface area contributed by atoms with Crippen LogP contribution < -0.4 is 5.32 Å². The summed E-state index contributed by atoms with van der Waals surface area (Å²) in [6.45, 7) is 0.250. The number of ketones is 1. The normalized spacial score (nSPS) is 10.4. The van der Waals surface area contributed by atoms with Gasteiger partial charge in [0.1, 0.15) is 5.82 Å². The van der Waals surface area contributed by atoms with Crippen LogP contribution in [0.25, 0.3) is 0 Å². The van der Waals surface area contributed by atoms with Gasteiger partial charge in [-0.25, -0.2) is 4.39 Å². The van der Waals surface area contributed by atoms with E-state index in [1.807, 2.05) is 18.2 Å². The molecule has 3 nitrogen and oxygen atoms in total. The molecule has 3 rings (SSSR count). The van der Waals surface area contributed by atoms with Crippen molar-refractivity contribution in [3.63, 3.8) is 0 Å². The standard InChI is InChI=1S/C19H14FNO2S/c20-16-9-5-4-8-15(16)19(23)21-12-14-10-11-17(24-14)18(22)13-6-2-1-3-7-13/h1-11H,12H2,(H,21,23). The molecule has 0 aliphatic carbocycles. The van der Waals surface area contributed by atoms with E-state index in [-0.39, 0.29) is 17.9 Å². The van der Waals surface area contributed by atoms with Gasteiger partial charge in [0, 0.05) is 10.4 Å². The lowest BCUT2D eigenvalue weighted by Gasteiger charge is -2.04. The Balaban J connectivity index is 1.66. The number of hydrogen-bond donors (Lipinski definition) is 1. The predicted octanol–water partition coefficient (Wildman–Crippen LogP) is 4.05. The fourth-order valence-corrected chi connectivity index (χ4v) is 3.14. The van der Waals surface area contributed by atoms with Crippen molar-refractivity contribution in [2.45, 2.75) is 6.54 Å². The van der Waals surface area contributed by atoms with Gasteiger partial charge in [0.25, 0.3) is 5.91 Å². The van der Waals surface area contributed by atoms with Crippen molar-refractivity contribution < 1.29 is 14.0 Å². The molecule has 0 spiro atoms. The molecule has 0 atom stereocenters. The molecule has 1 aromatic heterocycles.